The second-order valence-corrected chi connectivity index (χ2v) is 4.43. The largest absolute Gasteiger partial charge is 0.488 e. The van der Waals surface area contributed by atoms with Crippen molar-refractivity contribution in [1.29, 1.82) is 0 Å². The lowest BCUT2D eigenvalue weighted by molar-refractivity contribution is 0.302. The Morgan fingerprint density at radius 3 is 2.57 bits per heavy atom. The molecule has 2 aromatic carbocycles. The molecule has 0 saturated carbocycles. The number of nitrogens with zero attached hydrogens (tertiary/aromatic N) is 1. The Balaban J connectivity index is 2.18. The van der Waals surface area contributed by atoms with Gasteiger partial charge in [0.15, 0.2) is 11.6 Å². The van der Waals surface area contributed by atoms with Gasteiger partial charge in [0.1, 0.15) is 12.4 Å². The van der Waals surface area contributed by atoms with E-state index in [1.54, 1.807) is 24.3 Å². The summed E-state index contributed by atoms with van der Waals surface area (Å²) >= 11 is 0. The molecule has 0 heterocycles. The lowest BCUT2D eigenvalue weighted by Gasteiger charge is -2.11. The number of para-hydroxylation sites is 1. The van der Waals surface area contributed by atoms with Crippen LogP contribution in [0.15, 0.2) is 47.6 Å². The van der Waals surface area contributed by atoms with Gasteiger partial charge in [-0.25, -0.2) is 8.78 Å². The fourth-order valence-corrected chi connectivity index (χ4v) is 1.94. The van der Waals surface area contributed by atoms with Crippen molar-refractivity contribution >= 4 is 5.71 Å². The number of hydrogen-bond acceptors (Lipinski definition) is 3. The van der Waals surface area contributed by atoms with Crippen LogP contribution in [-0.4, -0.2) is 10.9 Å². The summed E-state index contributed by atoms with van der Waals surface area (Å²) in [5.74, 6) is -1.27. The Morgan fingerprint density at radius 2 is 1.90 bits per heavy atom. The molecule has 0 amide bonds. The first-order valence-corrected chi connectivity index (χ1v) is 6.52. The molecule has 3 nitrogen and oxygen atoms in total. The smallest absolute Gasteiger partial charge is 0.159 e. The minimum Gasteiger partial charge on any atom is -0.488 e. The van der Waals surface area contributed by atoms with Gasteiger partial charge >= 0.3 is 0 Å². The molecule has 0 aromatic heterocycles. The zero-order valence-electron chi connectivity index (χ0n) is 11.5. The van der Waals surface area contributed by atoms with Crippen molar-refractivity contribution < 1.29 is 18.7 Å². The lowest BCUT2D eigenvalue weighted by atomic mass is 10.1. The zero-order chi connectivity index (χ0) is 15.2. The summed E-state index contributed by atoms with van der Waals surface area (Å²) in [4.78, 5) is 0. The van der Waals surface area contributed by atoms with Crippen LogP contribution in [0.2, 0.25) is 0 Å². The van der Waals surface area contributed by atoms with Crippen LogP contribution >= 0.6 is 0 Å². The molecule has 0 unspecified atom stereocenters. The van der Waals surface area contributed by atoms with E-state index in [1.807, 2.05) is 6.92 Å². The average Bonchev–Trinajstić information content (AvgIpc) is 2.51. The topological polar surface area (TPSA) is 41.8 Å². The van der Waals surface area contributed by atoms with Crippen LogP contribution in [0.5, 0.6) is 5.75 Å². The first-order chi connectivity index (χ1) is 10.2. The SMILES string of the molecule is CC/C(=N/O)c1ccccc1OCc1ccc(F)c(F)c1. The van der Waals surface area contributed by atoms with Gasteiger partial charge in [-0.3, -0.25) is 0 Å². The van der Waals surface area contributed by atoms with Gasteiger partial charge in [0.25, 0.3) is 0 Å². The van der Waals surface area contributed by atoms with Gasteiger partial charge in [0.2, 0.25) is 0 Å². The molecule has 2 aromatic rings. The van der Waals surface area contributed by atoms with E-state index < -0.39 is 11.6 Å². The van der Waals surface area contributed by atoms with Gasteiger partial charge in [-0.2, -0.15) is 0 Å². The molecular weight excluding hydrogens is 276 g/mol. The molecule has 2 rings (SSSR count). The summed E-state index contributed by atoms with van der Waals surface area (Å²) in [5, 5.41) is 12.2. The molecule has 0 aliphatic carbocycles. The fraction of sp³-hybridized carbons (Fsp3) is 0.188. The standard InChI is InChI=1S/C16H15F2NO2/c1-2-15(19-20)12-5-3-4-6-16(12)21-10-11-7-8-13(17)14(18)9-11/h3-9,20H,2,10H2,1H3/b19-15-. The number of ether oxygens (including phenoxy) is 1. The number of benzene rings is 2. The maximum Gasteiger partial charge on any atom is 0.159 e. The molecule has 21 heavy (non-hydrogen) atoms. The van der Waals surface area contributed by atoms with E-state index in [-0.39, 0.29) is 6.61 Å². The maximum atomic E-state index is 13.1. The highest BCUT2D eigenvalue weighted by Crippen LogP contribution is 2.21. The van der Waals surface area contributed by atoms with Gasteiger partial charge < -0.3 is 9.94 Å². The highest BCUT2D eigenvalue weighted by Gasteiger charge is 2.10. The molecule has 0 saturated heterocycles. The highest BCUT2D eigenvalue weighted by atomic mass is 19.2. The summed E-state index contributed by atoms with van der Waals surface area (Å²) in [7, 11) is 0. The van der Waals surface area contributed by atoms with Gasteiger partial charge in [-0.1, -0.05) is 30.3 Å². The van der Waals surface area contributed by atoms with E-state index >= 15 is 0 Å². The maximum absolute atomic E-state index is 13.1. The Bertz CT molecular complexity index is 656. The van der Waals surface area contributed by atoms with Crippen molar-refractivity contribution in [2.24, 2.45) is 5.16 Å². The van der Waals surface area contributed by atoms with E-state index in [1.165, 1.54) is 6.07 Å². The molecule has 110 valence electrons. The van der Waals surface area contributed by atoms with Crippen molar-refractivity contribution in [3.63, 3.8) is 0 Å². The highest BCUT2D eigenvalue weighted by molar-refractivity contribution is 6.02. The predicted molar refractivity (Wildman–Crippen MR) is 75.7 cm³/mol. The minimum atomic E-state index is -0.907. The third kappa shape index (κ3) is 3.56. The number of rotatable bonds is 5. The van der Waals surface area contributed by atoms with Crippen LogP contribution in [0.25, 0.3) is 0 Å². The normalized spacial score (nSPS) is 11.5. The molecule has 1 N–H and O–H groups in total. The minimum absolute atomic E-state index is 0.0939. The summed E-state index contributed by atoms with van der Waals surface area (Å²) in [5.41, 5.74) is 1.68. The molecule has 5 heteroatoms. The molecule has 0 radical (unpaired) electrons. The third-order valence-corrected chi connectivity index (χ3v) is 3.03. The Labute approximate surface area is 121 Å². The van der Waals surface area contributed by atoms with Gasteiger partial charge in [0, 0.05) is 5.56 Å². The average molecular weight is 291 g/mol. The number of halogens is 2. The molecule has 0 aliphatic rings. The van der Waals surface area contributed by atoms with Crippen molar-refractivity contribution in [2.75, 3.05) is 0 Å². The van der Waals surface area contributed by atoms with Crippen molar-refractivity contribution in [3.8, 4) is 5.75 Å². The predicted octanol–water partition coefficient (Wildman–Crippen LogP) is 4.13. The Kier molecular flexibility index (Phi) is 4.87. The van der Waals surface area contributed by atoms with Crippen molar-refractivity contribution in [1.82, 2.24) is 0 Å². The van der Waals surface area contributed by atoms with E-state index in [0.717, 1.165) is 12.1 Å². The molecule has 0 aliphatic heterocycles. The lowest BCUT2D eigenvalue weighted by Crippen LogP contribution is -2.05. The zero-order valence-corrected chi connectivity index (χ0v) is 11.5. The van der Waals surface area contributed by atoms with Crippen LogP contribution in [0.3, 0.4) is 0 Å². The third-order valence-electron chi connectivity index (χ3n) is 3.03. The van der Waals surface area contributed by atoms with E-state index in [4.69, 9.17) is 9.94 Å². The fourth-order valence-electron chi connectivity index (χ4n) is 1.94. The van der Waals surface area contributed by atoms with Gasteiger partial charge in [0.05, 0.1) is 5.71 Å². The van der Waals surface area contributed by atoms with E-state index in [9.17, 15) is 8.78 Å². The Morgan fingerprint density at radius 1 is 1.14 bits per heavy atom. The quantitative estimate of drug-likeness (QED) is 0.511. The van der Waals surface area contributed by atoms with Crippen molar-refractivity contribution in [3.05, 3.63) is 65.2 Å². The first-order valence-electron chi connectivity index (χ1n) is 6.52. The molecule has 0 atom stereocenters. The van der Waals surface area contributed by atoms with Crippen LogP contribution in [0.4, 0.5) is 8.78 Å². The van der Waals surface area contributed by atoms with Gasteiger partial charge in [-0.05, 0) is 36.2 Å². The van der Waals surface area contributed by atoms with E-state index in [0.29, 0.717) is 29.0 Å². The Hall–Kier alpha value is -2.43. The summed E-state index contributed by atoms with van der Waals surface area (Å²) in [6, 6.07) is 10.7. The summed E-state index contributed by atoms with van der Waals surface area (Å²) in [6.07, 6.45) is 0.544. The molecule has 0 bridgehead atoms. The van der Waals surface area contributed by atoms with Crippen LogP contribution in [0, 0.1) is 11.6 Å². The summed E-state index contributed by atoms with van der Waals surface area (Å²) in [6.45, 7) is 1.96. The number of hydrogen-bond donors (Lipinski definition) is 1. The second-order valence-electron chi connectivity index (χ2n) is 4.43. The van der Waals surface area contributed by atoms with Crippen LogP contribution < -0.4 is 4.74 Å². The molecular formula is C16H15F2NO2. The monoisotopic (exact) mass is 291 g/mol. The van der Waals surface area contributed by atoms with Crippen LogP contribution in [0.1, 0.15) is 24.5 Å². The van der Waals surface area contributed by atoms with Gasteiger partial charge in [-0.15, -0.1) is 0 Å². The summed E-state index contributed by atoms with van der Waals surface area (Å²) < 4.78 is 31.6. The van der Waals surface area contributed by atoms with E-state index in [2.05, 4.69) is 5.16 Å². The second kappa shape index (κ2) is 6.83. The molecule has 0 spiro atoms. The van der Waals surface area contributed by atoms with Crippen molar-refractivity contribution in [2.45, 2.75) is 20.0 Å². The van der Waals surface area contributed by atoms with Crippen LogP contribution in [-0.2, 0) is 6.61 Å². The first kappa shape index (κ1) is 15.0. The molecule has 0 fully saturated rings. The number of oxime groups is 1.